The number of halogens is 1. The number of benzene rings is 1. The van der Waals surface area contributed by atoms with Crippen molar-refractivity contribution in [1.82, 2.24) is 25.1 Å². The number of piperidine rings is 1. The second kappa shape index (κ2) is 7.75. The van der Waals surface area contributed by atoms with E-state index in [1.807, 2.05) is 6.92 Å². The minimum absolute atomic E-state index is 0.167. The van der Waals surface area contributed by atoms with Gasteiger partial charge in [-0.1, -0.05) is 12.1 Å². The molecule has 1 aliphatic rings. The van der Waals surface area contributed by atoms with Gasteiger partial charge >= 0.3 is 6.09 Å². The first-order chi connectivity index (χ1) is 13.6. The van der Waals surface area contributed by atoms with Gasteiger partial charge in [-0.25, -0.2) is 14.2 Å². The highest BCUT2D eigenvalue weighted by atomic mass is 19.1. The SMILES string of the molecule is Cc1ccc(OC(=O)N2CCC(c3nc(-c4cccc(F)c4)n[nH]3)CC2)cn1. The molecule has 1 aromatic carbocycles. The third-order valence-corrected chi connectivity index (χ3v) is 4.81. The largest absolute Gasteiger partial charge is 0.415 e. The summed E-state index contributed by atoms with van der Waals surface area (Å²) >= 11 is 0. The molecule has 7 nitrogen and oxygen atoms in total. The van der Waals surface area contributed by atoms with Crippen LogP contribution in [0.25, 0.3) is 11.4 Å². The van der Waals surface area contributed by atoms with E-state index >= 15 is 0 Å². The molecule has 144 valence electrons. The van der Waals surface area contributed by atoms with Gasteiger partial charge < -0.3 is 9.64 Å². The number of carbonyl (C=O) groups excluding carboxylic acids is 1. The Balaban J connectivity index is 1.35. The summed E-state index contributed by atoms with van der Waals surface area (Å²) in [5, 5.41) is 7.16. The summed E-state index contributed by atoms with van der Waals surface area (Å²) in [6.45, 7) is 3.01. The smallest absolute Gasteiger partial charge is 0.409 e. The molecule has 1 aliphatic heterocycles. The second-order valence-corrected chi connectivity index (χ2v) is 6.82. The van der Waals surface area contributed by atoms with Crippen molar-refractivity contribution in [3.8, 4) is 17.1 Å². The Morgan fingerprint density at radius 3 is 2.79 bits per heavy atom. The number of carbonyl (C=O) groups is 1. The molecule has 28 heavy (non-hydrogen) atoms. The molecule has 3 heterocycles. The second-order valence-electron chi connectivity index (χ2n) is 6.82. The van der Waals surface area contributed by atoms with Crippen molar-refractivity contribution < 1.29 is 13.9 Å². The van der Waals surface area contributed by atoms with Gasteiger partial charge in [0.1, 0.15) is 11.6 Å². The van der Waals surface area contributed by atoms with E-state index in [1.54, 1.807) is 35.4 Å². The molecule has 4 rings (SSSR count). The van der Waals surface area contributed by atoms with E-state index in [0.717, 1.165) is 24.4 Å². The van der Waals surface area contributed by atoms with Gasteiger partial charge in [0.05, 0.1) is 6.20 Å². The van der Waals surface area contributed by atoms with Crippen molar-refractivity contribution in [3.63, 3.8) is 0 Å². The lowest BCUT2D eigenvalue weighted by Crippen LogP contribution is -2.39. The van der Waals surface area contributed by atoms with Crippen molar-refractivity contribution >= 4 is 6.09 Å². The molecular formula is C20H20FN5O2. The van der Waals surface area contributed by atoms with Gasteiger partial charge in [-0.15, -0.1) is 0 Å². The number of likely N-dealkylation sites (tertiary alicyclic amines) is 1. The fourth-order valence-electron chi connectivity index (χ4n) is 3.23. The molecule has 1 saturated heterocycles. The van der Waals surface area contributed by atoms with E-state index in [2.05, 4.69) is 20.2 Å². The molecule has 1 amide bonds. The molecule has 8 heteroatoms. The van der Waals surface area contributed by atoms with E-state index < -0.39 is 0 Å². The maximum absolute atomic E-state index is 13.4. The van der Waals surface area contributed by atoms with Crippen LogP contribution in [0.3, 0.4) is 0 Å². The summed E-state index contributed by atoms with van der Waals surface area (Å²) in [7, 11) is 0. The molecule has 1 N–H and O–H groups in total. The van der Waals surface area contributed by atoms with E-state index in [-0.39, 0.29) is 17.8 Å². The Morgan fingerprint density at radius 1 is 1.25 bits per heavy atom. The lowest BCUT2D eigenvalue weighted by Gasteiger charge is -2.30. The number of rotatable bonds is 3. The van der Waals surface area contributed by atoms with E-state index in [9.17, 15) is 9.18 Å². The van der Waals surface area contributed by atoms with Crippen molar-refractivity contribution in [2.75, 3.05) is 13.1 Å². The lowest BCUT2D eigenvalue weighted by atomic mass is 9.96. The first-order valence-electron chi connectivity index (χ1n) is 9.16. The molecule has 0 unspecified atom stereocenters. The molecule has 0 radical (unpaired) electrons. The highest BCUT2D eigenvalue weighted by Crippen LogP contribution is 2.27. The number of aromatic amines is 1. The van der Waals surface area contributed by atoms with Gasteiger partial charge in [0, 0.05) is 30.3 Å². The molecule has 3 aromatic rings. The molecule has 0 atom stereocenters. The zero-order valence-corrected chi connectivity index (χ0v) is 15.4. The number of aryl methyl sites for hydroxylation is 1. The topological polar surface area (TPSA) is 84.0 Å². The van der Waals surface area contributed by atoms with Crippen molar-refractivity contribution in [1.29, 1.82) is 0 Å². The highest BCUT2D eigenvalue weighted by molar-refractivity contribution is 5.70. The predicted octanol–water partition coefficient (Wildman–Crippen LogP) is 3.69. The van der Waals surface area contributed by atoms with Crippen LogP contribution in [-0.2, 0) is 0 Å². The standard InChI is InChI=1S/C20H20FN5O2/c1-13-5-6-17(12-22-13)28-20(27)26-9-7-14(8-10-26)18-23-19(25-24-18)15-3-2-4-16(21)11-15/h2-6,11-12,14H,7-10H2,1H3,(H,23,24,25). The van der Waals surface area contributed by atoms with Crippen LogP contribution in [0.2, 0.25) is 0 Å². The molecule has 0 saturated carbocycles. The maximum Gasteiger partial charge on any atom is 0.415 e. The van der Waals surface area contributed by atoms with Crippen LogP contribution in [-0.4, -0.2) is 44.2 Å². The van der Waals surface area contributed by atoms with Crippen LogP contribution in [0.5, 0.6) is 5.75 Å². The number of nitrogens with zero attached hydrogens (tertiary/aromatic N) is 4. The van der Waals surface area contributed by atoms with Crippen molar-refractivity contribution in [2.24, 2.45) is 0 Å². The Hall–Kier alpha value is -3.29. The number of H-pyrrole nitrogens is 1. The molecule has 1 fully saturated rings. The van der Waals surface area contributed by atoms with E-state index in [0.29, 0.717) is 30.2 Å². The number of hydrogen-bond acceptors (Lipinski definition) is 5. The average molecular weight is 381 g/mol. The number of pyridine rings is 1. The summed E-state index contributed by atoms with van der Waals surface area (Å²) in [6.07, 6.45) is 2.67. The Bertz CT molecular complexity index is 965. The minimum Gasteiger partial charge on any atom is -0.409 e. The summed E-state index contributed by atoms with van der Waals surface area (Å²) in [4.78, 5) is 22.6. The number of nitrogens with one attached hydrogen (secondary N) is 1. The monoisotopic (exact) mass is 381 g/mol. The Morgan fingerprint density at radius 2 is 2.07 bits per heavy atom. The summed E-state index contributed by atoms with van der Waals surface area (Å²) in [5.74, 6) is 1.52. The maximum atomic E-state index is 13.4. The molecule has 0 bridgehead atoms. The average Bonchev–Trinajstić information content (AvgIpc) is 3.20. The van der Waals surface area contributed by atoms with Gasteiger partial charge in [0.2, 0.25) is 0 Å². The number of amides is 1. The van der Waals surface area contributed by atoms with Gasteiger partial charge in [0.15, 0.2) is 11.6 Å². The number of hydrogen-bond donors (Lipinski definition) is 1. The number of aromatic nitrogens is 4. The van der Waals surface area contributed by atoms with Crippen LogP contribution < -0.4 is 4.74 Å². The predicted molar refractivity (Wildman–Crippen MR) is 100 cm³/mol. The summed E-state index contributed by atoms with van der Waals surface area (Å²) < 4.78 is 18.8. The Kier molecular flexibility index (Phi) is 5.01. The van der Waals surface area contributed by atoms with Gasteiger partial charge in [-0.3, -0.25) is 10.1 Å². The van der Waals surface area contributed by atoms with Crippen molar-refractivity contribution in [3.05, 3.63) is 59.9 Å². The van der Waals surface area contributed by atoms with Crippen LogP contribution in [0.4, 0.5) is 9.18 Å². The molecule has 2 aromatic heterocycles. The zero-order chi connectivity index (χ0) is 19.5. The molecular weight excluding hydrogens is 361 g/mol. The van der Waals surface area contributed by atoms with Crippen LogP contribution >= 0.6 is 0 Å². The summed E-state index contributed by atoms with van der Waals surface area (Å²) in [5.41, 5.74) is 1.50. The fourth-order valence-corrected chi connectivity index (χ4v) is 3.23. The van der Waals surface area contributed by atoms with Crippen molar-refractivity contribution in [2.45, 2.75) is 25.7 Å². The van der Waals surface area contributed by atoms with Crippen LogP contribution in [0.1, 0.15) is 30.3 Å². The first kappa shape index (κ1) is 18.1. The van der Waals surface area contributed by atoms with Gasteiger partial charge in [-0.2, -0.15) is 5.10 Å². The fraction of sp³-hybridized carbons (Fsp3) is 0.300. The third kappa shape index (κ3) is 4.00. The first-order valence-corrected chi connectivity index (χ1v) is 9.16. The Labute approximate surface area is 161 Å². The zero-order valence-electron chi connectivity index (χ0n) is 15.4. The third-order valence-electron chi connectivity index (χ3n) is 4.81. The van der Waals surface area contributed by atoms with Gasteiger partial charge in [-0.05, 0) is 44.0 Å². The highest BCUT2D eigenvalue weighted by Gasteiger charge is 2.27. The van der Waals surface area contributed by atoms with Gasteiger partial charge in [0.25, 0.3) is 0 Å². The van der Waals surface area contributed by atoms with Crippen LogP contribution in [0, 0.1) is 12.7 Å². The van der Waals surface area contributed by atoms with E-state index in [1.165, 1.54) is 12.1 Å². The number of ether oxygens (including phenoxy) is 1. The minimum atomic E-state index is -0.373. The molecule has 0 aliphatic carbocycles. The van der Waals surface area contributed by atoms with E-state index in [4.69, 9.17) is 4.74 Å². The summed E-state index contributed by atoms with van der Waals surface area (Å²) in [6, 6.07) is 9.73. The quantitative estimate of drug-likeness (QED) is 0.748. The molecule has 0 spiro atoms. The van der Waals surface area contributed by atoms with Crippen LogP contribution in [0.15, 0.2) is 42.6 Å². The normalized spacial score (nSPS) is 14.9. The lowest BCUT2D eigenvalue weighted by molar-refractivity contribution is 0.138.